The summed E-state index contributed by atoms with van der Waals surface area (Å²) in [5, 5.41) is 7.16. The van der Waals surface area contributed by atoms with E-state index in [0.29, 0.717) is 36.9 Å². The van der Waals surface area contributed by atoms with Crippen molar-refractivity contribution in [2.24, 2.45) is 5.92 Å². The lowest BCUT2D eigenvalue weighted by molar-refractivity contribution is -0.125. The van der Waals surface area contributed by atoms with Crippen LogP contribution in [0.1, 0.15) is 62.6 Å². The SMILES string of the molecule is Cc1c(C(=O)NCC2C[C@H]3CC[C@@H](C2)N3CC(=O)NC(C)(C)C)oc2ccccc12. The number of carbonyl (C=O) groups is 2. The summed E-state index contributed by atoms with van der Waals surface area (Å²) < 4.78 is 5.79. The zero-order valence-corrected chi connectivity index (χ0v) is 18.5. The molecule has 1 aromatic carbocycles. The number of furan rings is 1. The van der Waals surface area contributed by atoms with E-state index in [4.69, 9.17) is 4.42 Å². The van der Waals surface area contributed by atoms with Crippen molar-refractivity contribution in [3.63, 3.8) is 0 Å². The van der Waals surface area contributed by atoms with Crippen LogP contribution in [0.25, 0.3) is 11.0 Å². The van der Waals surface area contributed by atoms with E-state index in [1.165, 1.54) is 0 Å². The first kappa shape index (κ1) is 20.9. The van der Waals surface area contributed by atoms with Crippen molar-refractivity contribution in [1.29, 1.82) is 0 Å². The minimum absolute atomic E-state index is 0.103. The van der Waals surface area contributed by atoms with Crippen LogP contribution < -0.4 is 10.6 Å². The number of nitrogens with one attached hydrogen (secondary N) is 2. The summed E-state index contributed by atoms with van der Waals surface area (Å²) in [4.78, 5) is 27.5. The number of amides is 2. The molecule has 0 spiro atoms. The molecule has 162 valence electrons. The molecule has 2 fully saturated rings. The molecule has 2 aliphatic heterocycles. The average Bonchev–Trinajstić information content (AvgIpc) is 3.11. The summed E-state index contributed by atoms with van der Waals surface area (Å²) in [6, 6.07) is 8.61. The van der Waals surface area contributed by atoms with Crippen molar-refractivity contribution in [2.75, 3.05) is 13.1 Å². The van der Waals surface area contributed by atoms with Crippen molar-refractivity contribution >= 4 is 22.8 Å². The first-order valence-corrected chi connectivity index (χ1v) is 11.0. The van der Waals surface area contributed by atoms with Gasteiger partial charge in [0.15, 0.2) is 5.76 Å². The molecule has 2 saturated heterocycles. The fourth-order valence-corrected chi connectivity index (χ4v) is 5.14. The molecule has 1 unspecified atom stereocenters. The normalized spacial score (nSPS) is 24.2. The van der Waals surface area contributed by atoms with Crippen molar-refractivity contribution in [3.8, 4) is 0 Å². The van der Waals surface area contributed by atoms with Crippen LogP contribution in [0, 0.1) is 12.8 Å². The molecule has 2 aromatic rings. The van der Waals surface area contributed by atoms with Gasteiger partial charge in [0, 0.05) is 35.1 Å². The highest BCUT2D eigenvalue weighted by molar-refractivity contribution is 5.98. The lowest BCUT2D eigenvalue weighted by Gasteiger charge is -2.39. The van der Waals surface area contributed by atoms with Crippen molar-refractivity contribution < 1.29 is 14.0 Å². The second-order valence-corrected chi connectivity index (χ2v) is 9.96. The number of hydrogen-bond acceptors (Lipinski definition) is 4. The number of fused-ring (bicyclic) bond motifs is 3. The second kappa shape index (κ2) is 8.06. The predicted molar refractivity (Wildman–Crippen MR) is 117 cm³/mol. The maximum Gasteiger partial charge on any atom is 0.287 e. The van der Waals surface area contributed by atoms with Gasteiger partial charge in [0.05, 0.1) is 6.54 Å². The molecule has 0 saturated carbocycles. The van der Waals surface area contributed by atoms with Crippen molar-refractivity contribution in [1.82, 2.24) is 15.5 Å². The van der Waals surface area contributed by atoms with Crippen LogP contribution in [0.5, 0.6) is 0 Å². The van der Waals surface area contributed by atoms with E-state index in [0.717, 1.165) is 42.2 Å². The third kappa shape index (κ3) is 4.38. The van der Waals surface area contributed by atoms with Gasteiger partial charge in [-0.05, 0) is 65.4 Å². The number of carbonyl (C=O) groups excluding carboxylic acids is 2. The number of aryl methyl sites for hydroxylation is 1. The summed E-state index contributed by atoms with van der Waals surface area (Å²) in [6.45, 7) is 9.10. The average molecular weight is 412 g/mol. The van der Waals surface area contributed by atoms with Gasteiger partial charge in [0.2, 0.25) is 5.91 Å². The lowest BCUT2D eigenvalue weighted by Crippen LogP contribution is -2.52. The quantitative estimate of drug-likeness (QED) is 0.788. The summed E-state index contributed by atoms with van der Waals surface area (Å²) in [5.41, 5.74) is 1.44. The lowest BCUT2D eigenvalue weighted by atomic mass is 9.90. The Morgan fingerprint density at radius 3 is 2.43 bits per heavy atom. The van der Waals surface area contributed by atoms with E-state index < -0.39 is 0 Å². The summed E-state index contributed by atoms with van der Waals surface area (Å²) >= 11 is 0. The molecule has 4 rings (SSSR count). The van der Waals surface area contributed by atoms with Gasteiger partial charge in [-0.2, -0.15) is 0 Å². The standard InChI is InChI=1S/C24H33N3O3/c1-15-19-7-5-6-8-20(19)30-22(15)23(29)25-13-16-11-17-9-10-18(12-16)27(17)14-21(28)26-24(2,3)4/h5-8,16-18H,9-14H2,1-4H3,(H,25,29)(H,26,28)/t16?,17-,18+. The van der Waals surface area contributed by atoms with Crippen molar-refractivity contribution in [2.45, 2.75) is 71.0 Å². The number of benzene rings is 1. The molecular formula is C24H33N3O3. The first-order chi connectivity index (χ1) is 14.2. The Morgan fingerprint density at radius 2 is 1.80 bits per heavy atom. The number of hydrogen-bond donors (Lipinski definition) is 2. The third-order valence-corrected chi connectivity index (χ3v) is 6.42. The van der Waals surface area contributed by atoms with Gasteiger partial charge in [-0.15, -0.1) is 0 Å². The minimum atomic E-state index is -0.201. The number of nitrogens with zero attached hydrogens (tertiary/aromatic N) is 1. The van der Waals surface area contributed by atoms with Gasteiger partial charge in [0.1, 0.15) is 5.58 Å². The molecule has 0 aliphatic carbocycles. The van der Waals surface area contributed by atoms with Crippen LogP contribution in [0.15, 0.2) is 28.7 Å². The molecule has 30 heavy (non-hydrogen) atoms. The first-order valence-electron chi connectivity index (χ1n) is 11.0. The Balaban J connectivity index is 1.32. The highest BCUT2D eigenvalue weighted by Gasteiger charge is 2.41. The van der Waals surface area contributed by atoms with Crippen LogP contribution >= 0.6 is 0 Å². The molecule has 3 atom stereocenters. The molecule has 2 aliphatic rings. The van der Waals surface area contributed by atoms with E-state index in [-0.39, 0.29) is 17.4 Å². The molecule has 1 aromatic heterocycles. The fraction of sp³-hybridized carbons (Fsp3) is 0.583. The van der Waals surface area contributed by atoms with E-state index in [1.807, 2.05) is 52.0 Å². The smallest absolute Gasteiger partial charge is 0.287 e. The Bertz CT molecular complexity index is 929. The Labute approximate surface area is 178 Å². The van der Waals surface area contributed by atoms with Gasteiger partial charge in [-0.3, -0.25) is 14.5 Å². The molecular weight excluding hydrogens is 378 g/mol. The van der Waals surface area contributed by atoms with Gasteiger partial charge in [-0.25, -0.2) is 0 Å². The van der Waals surface area contributed by atoms with Crippen LogP contribution in [-0.2, 0) is 4.79 Å². The summed E-state index contributed by atoms with van der Waals surface area (Å²) in [6.07, 6.45) is 4.33. The Kier molecular flexibility index (Phi) is 5.62. The molecule has 6 heteroatoms. The largest absolute Gasteiger partial charge is 0.451 e. The van der Waals surface area contributed by atoms with Crippen LogP contribution in [0.2, 0.25) is 0 Å². The molecule has 2 bridgehead atoms. The molecule has 6 nitrogen and oxygen atoms in total. The Morgan fingerprint density at radius 1 is 1.13 bits per heavy atom. The maximum absolute atomic E-state index is 12.7. The van der Waals surface area contributed by atoms with Crippen LogP contribution in [-0.4, -0.2) is 47.4 Å². The van der Waals surface area contributed by atoms with Crippen molar-refractivity contribution in [3.05, 3.63) is 35.6 Å². The van der Waals surface area contributed by atoms with Gasteiger partial charge in [-0.1, -0.05) is 18.2 Å². The maximum atomic E-state index is 12.7. The zero-order chi connectivity index (χ0) is 21.5. The summed E-state index contributed by atoms with van der Waals surface area (Å²) in [7, 11) is 0. The number of para-hydroxylation sites is 1. The van der Waals surface area contributed by atoms with Gasteiger partial charge in [0.25, 0.3) is 5.91 Å². The number of rotatable bonds is 5. The summed E-state index contributed by atoms with van der Waals surface area (Å²) in [5.74, 6) is 0.822. The second-order valence-electron chi connectivity index (χ2n) is 9.96. The third-order valence-electron chi connectivity index (χ3n) is 6.42. The molecule has 0 radical (unpaired) electrons. The highest BCUT2D eigenvalue weighted by Crippen LogP contribution is 2.38. The monoisotopic (exact) mass is 411 g/mol. The van der Waals surface area contributed by atoms with E-state index in [9.17, 15) is 9.59 Å². The van der Waals surface area contributed by atoms with E-state index in [1.54, 1.807) is 0 Å². The van der Waals surface area contributed by atoms with E-state index >= 15 is 0 Å². The topological polar surface area (TPSA) is 74.6 Å². The minimum Gasteiger partial charge on any atom is -0.451 e. The number of piperidine rings is 1. The van der Waals surface area contributed by atoms with Gasteiger partial charge >= 0.3 is 0 Å². The van der Waals surface area contributed by atoms with Crippen LogP contribution in [0.4, 0.5) is 0 Å². The molecule has 3 heterocycles. The van der Waals surface area contributed by atoms with Crippen LogP contribution in [0.3, 0.4) is 0 Å². The zero-order valence-electron chi connectivity index (χ0n) is 18.5. The molecule has 2 N–H and O–H groups in total. The highest BCUT2D eigenvalue weighted by atomic mass is 16.3. The molecule has 2 amide bonds. The Hall–Kier alpha value is -2.34. The van der Waals surface area contributed by atoms with Gasteiger partial charge < -0.3 is 15.1 Å². The fourth-order valence-electron chi connectivity index (χ4n) is 5.14. The predicted octanol–water partition coefficient (Wildman–Crippen LogP) is 3.63. The van der Waals surface area contributed by atoms with E-state index in [2.05, 4.69) is 15.5 Å².